The Morgan fingerprint density at radius 3 is 2.40 bits per heavy atom. The summed E-state index contributed by atoms with van der Waals surface area (Å²) in [6.07, 6.45) is 5.31. The monoisotopic (exact) mass is 134 g/mol. The predicted octanol–water partition coefficient (Wildman–Crippen LogP) is 2.07. The van der Waals surface area contributed by atoms with Gasteiger partial charge >= 0.3 is 61.6 Å². The van der Waals surface area contributed by atoms with Gasteiger partial charge in [-0.1, -0.05) is 0 Å². The van der Waals surface area contributed by atoms with Gasteiger partial charge < -0.3 is 0 Å². The quantitative estimate of drug-likeness (QED) is 0.426. The van der Waals surface area contributed by atoms with Crippen molar-refractivity contribution >= 4 is 7.15 Å². The van der Waals surface area contributed by atoms with Crippen LogP contribution >= 0.6 is 0 Å². The molecule has 0 atom stereocenters. The molecule has 0 saturated heterocycles. The molecule has 0 aliphatic rings. The van der Waals surface area contributed by atoms with E-state index in [-0.39, 0.29) is 0 Å². The molecule has 0 heterocycles. The second-order valence-electron chi connectivity index (χ2n) is 2.09. The van der Waals surface area contributed by atoms with E-state index in [4.69, 9.17) is 0 Å². The molecule has 10 heavy (non-hydrogen) atoms. The Bertz CT molecular complexity index is 189. The van der Waals surface area contributed by atoms with Gasteiger partial charge in [0.05, 0.1) is 0 Å². The van der Waals surface area contributed by atoms with Crippen molar-refractivity contribution in [2.45, 2.75) is 13.8 Å². The average molecular weight is 134 g/mol. The summed E-state index contributed by atoms with van der Waals surface area (Å²) in [5.74, 6) is 0. The topological polar surface area (TPSA) is 17.1 Å². The molecule has 0 rings (SSSR count). The molecule has 0 aromatic heterocycles. The van der Waals surface area contributed by atoms with Gasteiger partial charge in [0.25, 0.3) is 0 Å². The zero-order chi connectivity index (χ0) is 7.98. The van der Waals surface area contributed by atoms with Gasteiger partial charge in [0, 0.05) is 0 Å². The summed E-state index contributed by atoms with van der Waals surface area (Å²) < 4.78 is 10.2. The molecule has 0 saturated carbocycles. The van der Waals surface area contributed by atoms with Gasteiger partial charge in [0.2, 0.25) is 0 Å². The molecule has 0 N–H and O–H groups in total. The standard InChI is InChI=1S/C8H11BO/c1-4-8(9-10)6-5-7(2)3/h4-6H,2H2,1,3H3/b6-5-,8-4+. The van der Waals surface area contributed by atoms with Crippen LogP contribution in [0, 0.1) is 0 Å². The van der Waals surface area contributed by atoms with Crippen LogP contribution in [0.4, 0.5) is 0 Å². The molecular weight excluding hydrogens is 123 g/mol. The van der Waals surface area contributed by atoms with Crippen LogP contribution in [0.1, 0.15) is 13.8 Å². The molecule has 0 amide bonds. The second kappa shape index (κ2) is 4.92. The van der Waals surface area contributed by atoms with Gasteiger partial charge in [-0.2, -0.15) is 0 Å². The zero-order valence-corrected chi connectivity index (χ0v) is 6.42. The fraction of sp³-hybridized carbons (Fsp3) is 0.250. The van der Waals surface area contributed by atoms with Crippen LogP contribution in [0.15, 0.2) is 35.9 Å². The number of rotatable bonds is 3. The van der Waals surface area contributed by atoms with Crippen molar-refractivity contribution in [2.24, 2.45) is 0 Å². The van der Waals surface area contributed by atoms with Gasteiger partial charge in [0.1, 0.15) is 0 Å². The first kappa shape index (κ1) is 9.08. The SMILES string of the molecule is C=C(C)/C=C\C(B=O)=C/C. The first-order chi connectivity index (χ1) is 4.70. The minimum absolute atomic E-state index is 0.683. The van der Waals surface area contributed by atoms with Gasteiger partial charge in [-0.15, -0.1) is 0 Å². The molecule has 0 unspecified atom stereocenters. The zero-order valence-electron chi connectivity index (χ0n) is 6.42. The van der Waals surface area contributed by atoms with E-state index in [0.717, 1.165) is 12.7 Å². The summed E-state index contributed by atoms with van der Waals surface area (Å²) in [6.45, 7) is 7.38. The summed E-state index contributed by atoms with van der Waals surface area (Å²) in [5.41, 5.74) is 1.63. The van der Waals surface area contributed by atoms with E-state index < -0.39 is 0 Å². The van der Waals surface area contributed by atoms with Crippen LogP contribution in [-0.4, -0.2) is 7.15 Å². The van der Waals surface area contributed by atoms with Crippen LogP contribution in [0.25, 0.3) is 0 Å². The molecule has 0 bridgehead atoms. The predicted molar refractivity (Wildman–Crippen MR) is 44.2 cm³/mol. The molecule has 52 valence electrons. The Morgan fingerprint density at radius 2 is 2.10 bits per heavy atom. The van der Waals surface area contributed by atoms with Gasteiger partial charge in [-0.05, 0) is 0 Å². The molecule has 0 radical (unpaired) electrons. The third-order valence-corrected chi connectivity index (χ3v) is 1.03. The van der Waals surface area contributed by atoms with Crippen molar-refractivity contribution in [3.8, 4) is 0 Å². The summed E-state index contributed by atoms with van der Waals surface area (Å²) in [4.78, 5) is 0. The number of allylic oxidation sites excluding steroid dienone is 5. The molecule has 0 aromatic rings. The van der Waals surface area contributed by atoms with E-state index in [1.807, 2.05) is 19.9 Å². The second-order valence-corrected chi connectivity index (χ2v) is 2.09. The van der Waals surface area contributed by atoms with Crippen molar-refractivity contribution in [1.82, 2.24) is 0 Å². The normalized spacial score (nSPS) is 11.6. The Balaban J connectivity index is 4.11. The molecule has 0 aromatic carbocycles. The van der Waals surface area contributed by atoms with Gasteiger partial charge in [-0.3, -0.25) is 0 Å². The van der Waals surface area contributed by atoms with Crippen molar-refractivity contribution in [2.75, 3.05) is 0 Å². The summed E-state index contributed by atoms with van der Waals surface area (Å²) in [6, 6.07) is 0. The van der Waals surface area contributed by atoms with Gasteiger partial charge in [0.15, 0.2) is 0 Å². The summed E-state index contributed by atoms with van der Waals surface area (Å²) in [7, 11) is 0.819. The van der Waals surface area contributed by atoms with Crippen molar-refractivity contribution in [1.29, 1.82) is 0 Å². The van der Waals surface area contributed by atoms with Crippen molar-refractivity contribution < 1.29 is 4.70 Å². The van der Waals surface area contributed by atoms with Crippen LogP contribution in [0.2, 0.25) is 0 Å². The fourth-order valence-electron chi connectivity index (χ4n) is 0.442. The van der Waals surface area contributed by atoms with E-state index in [9.17, 15) is 4.70 Å². The number of hydrogen-bond donors (Lipinski definition) is 0. The fourth-order valence-corrected chi connectivity index (χ4v) is 0.442. The first-order valence-corrected chi connectivity index (χ1v) is 3.15. The Labute approximate surface area is 62.4 Å². The van der Waals surface area contributed by atoms with E-state index >= 15 is 0 Å². The van der Waals surface area contributed by atoms with E-state index in [2.05, 4.69) is 6.58 Å². The van der Waals surface area contributed by atoms with Crippen molar-refractivity contribution in [3.63, 3.8) is 0 Å². The minimum atomic E-state index is 0.683. The van der Waals surface area contributed by atoms with Crippen LogP contribution in [0.5, 0.6) is 0 Å². The molecule has 0 aliphatic carbocycles. The molecule has 0 aliphatic heterocycles. The first-order valence-electron chi connectivity index (χ1n) is 3.15. The van der Waals surface area contributed by atoms with Crippen molar-refractivity contribution in [3.05, 3.63) is 35.9 Å². The average Bonchev–Trinajstić information content (AvgIpc) is 1.90. The van der Waals surface area contributed by atoms with Crippen LogP contribution in [-0.2, 0) is 4.70 Å². The maximum absolute atomic E-state index is 10.2. The van der Waals surface area contributed by atoms with Crippen LogP contribution < -0.4 is 0 Å². The Kier molecular flexibility index (Phi) is 4.47. The van der Waals surface area contributed by atoms with E-state index in [1.54, 1.807) is 12.2 Å². The molecular formula is C8H11BO. The third kappa shape index (κ3) is 4.01. The summed E-state index contributed by atoms with van der Waals surface area (Å²) >= 11 is 0. The van der Waals surface area contributed by atoms with E-state index in [0.29, 0.717) is 5.47 Å². The Hall–Kier alpha value is -0.915. The van der Waals surface area contributed by atoms with Gasteiger partial charge in [-0.25, -0.2) is 0 Å². The molecule has 0 fully saturated rings. The molecule has 0 spiro atoms. The van der Waals surface area contributed by atoms with Crippen LogP contribution in [0.3, 0.4) is 0 Å². The molecule has 1 nitrogen and oxygen atoms in total. The third-order valence-electron chi connectivity index (χ3n) is 1.03. The molecule has 2 heteroatoms. The number of hydrogen-bond acceptors (Lipinski definition) is 1. The Morgan fingerprint density at radius 1 is 1.50 bits per heavy atom. The summed E-state index contributed by atoms with van der Waals surface area (Å²) in [5, 5.41) is 0. The maximum atomic E-state index is 10.2. The van der Waals surface area contributed by atoms with E-state index in [1.165, 1.54) is 0 Å².